The summed E-state index contributed by atoms with van der Waals surface area (Å²) in [6.45, 7) is 11.5. The maximum absolute atomic E-state index is 9.42. The molecule has 6 heteroatoms. The minimum atomic E-state index is 0.135. The number of aromatic amines is 1. The molecule has 0 aliphatic carbocycles. The van der Waals surface area contributed by atoms with Crippen LogP contribution in [-0.4, -0.2) is 58.2 Å². The van der Waals surface area contributed by atoms with Gasteiger partial charge >= 0.3 is 0 Å². The van der Waals surface area contributed by atoms with Crippen molar-refractivity contribution < 1.29 is 9.84 Å². The van der Waals surface area contributed by atoms with Crippen LogP contribution >= 0.6 is 0 Å². The maximum atomic E-state index is 9.42. The van der Waals surface area contributed by atoms with Crippen molar-refractivity contribution in [1.82, 2.24) is 19.8 Å². The molecule has 0 saturated carbocycles. The molecule has 1 aromatic heterocycles. The molecule has 6 nitrogen and oxygen atoms in total. The van der Waals surface area contributed by atoms with E-state index in [0.717, 1.165) is 50.0 Å². The molecule has 0 bridgehead atoms. The molecule has 2 rings (SSSR count). The van der Waals surface area contributed by atoms with Gasteiger partial charge in [-0.15, -0.1) is 0 Å². The number of methoxy groups -OCH3 is 1. The van der Waals surface area contributed by atoms with E-state index in [0.29, 0.717) is 6.54 Å². The summed E-state index contributed by atoms with van der Waals surface area (Å²) < 4.78 is 5.55. The lowest BCUT2D eigenvalue weighted by atomic mass is 10.1. The summed E-state index contributed by atoms with van der Waals surface area (Å²) in [5, 5.41) is 9.42. The summed E-state index contributed by atoms with van der Waals surface area (Å²) in [6, 6.07) is 6.37. The van der Waals surface area contributed by atoms with Crippen molar-refractivity contribution in [3.8, 4) is 5.75 Å². The van der Waals surface area contributed by atoms with Gasteiger partial charge < -0.3 is 14.8 Å². The van der Waals surface area contributed by atoms with Crippen LogP contribution in [0.15, 0.2) is 24.4 Å². The predicted molar refractivity (Wildman–Crippen MR) is 104 cm³/mol. The molecule has 1 aromatic carbocycles. The van der Waals surface area contributed by atoms with Crippen LogP contribution in [0.25, 0.3) is 0 Å². The van der Waals surface area contributed by atoms with Gasteiger partial charge in [-0.25, -0.2) is 4.98 Å². The van der Waals surface area contributed by atoms with E-state index in [9.17, 15) is 5.11 Å². The van der Waals surface area contributed by atoms with E-state index in [2.05, 4.69) is 45.7 Å². The normalized spacial score (nSPS) is 11.5. The maximum Gasteiger partial charge on any atom is 0.123 e. The average Bonchev–Trinajstić information content (AvgIpc) is 3.04. The van der Waals surface area contributed by atoms with Crippen LogP contribution in [0.4, 0.5) is 0 Å². The standard InChI is InChI=1S/C20H32N4O2/c1-5-23(6-2)14-18-11-17(7-8-20(18)26-4)13-24(9-10-25)15-19-12-21-16(3)22-19/h7-8,11-12,25H,5-6,9-10,13-15H2,1-4H3,(H,21,22). The number of aliphatic hydroxyl groups is 1. The molecule has 0 amide bonds. The molecule has 0 spiro atoms. The number of imidazole rings is 1. The fraction of sp³-hybridized carbons (Fsp3) is 0.550. The first-order valence-electron chi connectivity index (χ1n) is 9.31. The molecule has 0 aliphatic rings. The van der Waals surface area contributed by atoms with Crippen molar-refractivity contribution in [2.75, 3.05) is 33.4 Å². The lowest BCUT2D eigenvalue weighted by molar-refractivity contribution is 0.183. The smallest absolute Gasteiger partial charge is 0.123 e. The largest absolute Gasteiger partial charge is 0.496 e. The number of hydrogen-bond donors (Lipinski definition) is 2. The monoisotopic (exact) mass is 360 g/mol. The third kappa shape index (κ3) is 5.83. The lowest BCUT2D eigenvalue weighted by Gasteiger charge is -2.23. The molecule has 2 N–H and O–H groups in total. The second-order valence-corrected chi connectivity index (χ2v) is 6.54. The van der Waals surface area contributed by atoms with Crippen molar-refractivity contribution in [3.05, 3.63) is 47.0 Å². The number of nitrogens with one attached hydrogen (secondary N) is 1. The van der Waals surface area contributed by atoms with Gasteiger partial charge in [0.05, 0.1) is 13.7 Å². The first kappa shape index (κ1) is 20.4. The molecule has 0 saturated heterocycles. The Morgan fingerprint density at radius 2 is 1.88 bits per heavy atom. The minimum absolute atomic E-state index is 0.135. The van der Waals surface area contributed by atoms with Gasteiger partial charge in [-0.1, -0.05) is 19.9 Å². The summed E-state index contributed by atoms with van der Waals surface area (Å²) in [4.78, 5) is 12.1. The van der Waals surface area contributed by atoms with Gasteiger partial charge in [-0.2, -0.15) is 0 Å². The van der Waals surface area contributed by atoms with E-state index in [-0.39, 0.29) is 6.61 Å². The summed E-state index contributed by atoms with van der Waals surface area (Å²) in [7, 11) is 1.72. The predicted octanol–water partition coefficient (Wildman–Crippen LogP) is 2.56. The molecule has 0 radical (unpaired) electrons. The number of nitrogens with zero attached hydrogens (tertiary/aromatic N) is 3. The van der Waals surface area contributed by atoms with Crippen LogP contribution in [0, 0.1) is 6.92 Å². The summed E-state index contributed by atoms with van der Waals surface area (Å²) >= 11 is 0. The molecule has 1 heterocycles. The van der Waals surface area contributed by atoms with E-state index >= 15 is 0 Å². The Morgan fingerprint density at radius 3 is 2.46 bits per heavy atom. The average molecular weight is 361 g/mol. The molecule has 0 fully saturated rings. The topological polar surface area (TPSA) is 64.6 Å². The molecular formula is C20H32N4O2. The first-order chi connectivity index (χ1) is 12.6. The van der Waals surface area contributed by atoms with Gasteiger partial charge in [0.1, 0.15) is 11.6 Å². The van der Waals surface area contributed by atoms with Crippen LogP contribution < -0.4 is 4.74 Å². The summed E-state index contributed by atoms with van der Waals surface area (Å²) in [6.07, 6.45) is 1.86. The zero-order chi connectivity index (χ0) is 18.9. The Balaban J connectivity index is 2.14. The van der Waals surface area contributed by atoms with Crippen molar-refractivity contribution in [1.29, 1.82) is 0 Å². The third-order valence-electron chi connectivity index (χ3n) is 4.61. The number of aryl methyl sites for hydroxylation is 1. The Labute approximate surface area is 156 Å². The van der Waals surface area contributed by atoms with Crippen molar-refractivity contribution >= 4 is 0 Å². The highest BCUT2D eigenvalue weighted by molar-refractivity contribution is 5.37. The zero-order valence-corrected chi connectivity index (χ0v) is 16.5. The molecule has 26 heavy (non-hydrogen) atoms. The van der Waals surface area contributed by atoms with E-state index in [1.807, 2.05) is 19.2 Å². The van der Waals surface area contributed by atoms with Gasteiger partial charge in [0.15, 0.2) is 0 Å². The van der Waals surface area contributed by atoms with Crippen LogP contribution in [0.5, 0.6) is 5.75 Å². The van der Waals surface area contributed by atoms with Crippen molar-refractivity contribution in [2.24, 2.45) is 0 Å². The number of aliphatic hydroxyl groups excluding tert-OH is 1. The molecule has 144 valence electrons. The Kier molecular flexibility index (Phi) is 8.09. The number of aromatic nitrogens is 2. The van der Waals surface area contributed by atoms with Crippen LogP contribution in [0.1, 0.15) is 36.5 Å². The van der Waals surface area contributed by atoms with Gasteiger partial charge in [0.2, 0.25) is 0 Å². The van der Waals surface area contributed by atoms with Crippen molar-refractivity contribution in [2.45, 2.75) is 40.4 Å². The Bertz CT molecular complexity index is 668. The van der Waals surface area contributed by atoms with Gasteiger partial charge in [-0.05, 0) is 37.7 Å². The van der Waals surface area contributed by atoms with Crippen molar-refractivity contribution in [3.63, 3.8) is 0 Å². The number of benzene rings is 1. The van der Waals surface area contributed by atoms with E-state index in [1.54, 1.807) is 7.11 Å². The molecular weight excluding hydrogens is 328 g/mol. The fourth-order valence-corrected chi connectivity index (χ4v) is 3.15. The van der Waals surface area contributed by atoms with E-state index in [4.69, 9.17) is 4.74 Å². The van der Waals surface area contributed by atoms with E-state index < -0.39 is 0 Å². The molecule has 0 aliphatic heterocycles. The first-order valence-corrected chi connectivity index (χ1v) is 9.31. The Morgan fingerprint density at radius 1 is 1.12 bits per heavy atom. The quantitative estimate of drug-likeness (QED) is 0.645. The number of H-pyrrole nitrogens is 1. The third-order valence-corrected chi connectivity index (χ3v) is 4.61. The zero-order valence-electron chi connectivity index (χ0n) is 16.5. The van der Waals surface area contributed by atoms with E-state index in [1.165, 1.54) is 11.1 Å². The van der Waals surface area contributed by atoms with Crippen LogP contribution in [0.3, 0.4) is 0 Å². The van der Waals surface area contributed by atoms with Gasteiger partial charge in [0, 0.05) is 43.6 Å². The fourth-order valence-electron chi connectivity index (χ4n) is 3.15. The second kappa shape index (κ2) is 10.3. The highest BCUT2D eigenvalue weighted by Crippen LogP contribution is 2.23. The number of rotatable bonds is 11. The summed E-state index contributed by atoms with van der Waals surface area (Å²) in [5.74, 6) is 1.84. The lowest BCUT2D eigenvalue weighted by Crippen LogP contribution is -2.26. The highest BCUT2D eigenvalue weighted by Gasteiger charge is 2.12. The Hall–Kier alpha value is -1.89. The van der Waals surface area contributed by atoms with Crippen LogP contribution in [-0.2, 0) is 19.6 Å². The minimum Gasteiger partial charge on any atom is -0.496 e. The SMILES string of the molecule is CCN(CC)Cc1cc(CN(CCO)Cc2cnc(C)[nH]2)ccc1OC. The van der Waals surface area contributed by atoms with Gasteiger partial charge in [0.25, 0.3) is 0 Å². The molecule has 2 aromatic rings. The van der Waals surface area contributed by atoms with Crippen LogP contribution in [0.2, 0.25) is 0 Å². The molecule has 0 unspecified atom stereocenters. The summed E-state index contributed by atoms with van der Waals surface area (Å²) in [5.41, 5.74) is 3.49. The number of hydrogen-bond acceptors (Lipinski definition) is 5. The van der Waals surface area contributed by atoms with Gasteiger partial charge in [-0.3, -0.25) is 9.80 Å². The second-order valence-electron chi connectivity index (χ2n) is 6.54. The number of ether oxygens (including phenoxy) is 1. The highest BCUT2D eigenvalue weighted by atomic mass is 16.5. The molecule has 0 atom stereocenters.